The first-order valence-electron chi connectivity index (χ1n) is 6.70. The lowest BCUT2D eigenvalue weighted by molar-refractivity contribution is 0.341. The fraction of sp³-hybridized carbons (Fsp3) is 0.312. The molecule has 106 valence electrons. The zero-order chi connectivity index (χ0) is 14.5. The molecule has 0 spiro atoms. The van der Waals surface area contributed by atoms with Crippen molar-refractivity contribution in [1.29, 1.82) is 0 Å². The molecular formula is C16H19FN2O. The molecule has 0 aliphatic carbocycles. The molecule has 3 nitrogen and oxygen atoms in total. The maximum Gasteiger partial charge on any atom is 0.142 e. The number of anilines is 1. The van der Waals surface area contributed by atoms with Gasteiger partial charge in [0.1, 0.15) is 11.6 Å². The Bertz CT molecular complexity index is 586. The van der Waals surface area contributed by atoms with Gasteiger partial charge in [-0.2, -0.15) is 0 Å². The normalized spacial score (nSPS) is 12.0. The van der Waals surface area contributed by atoms with Crippen molar-refractivity contribution in [2.24, 2.45) is 0 Å². The van der Waals surface area contributed by atoms with Crippen molar-refractivity contribution in [2.45, 2.75) is 26.8 Å². The van der Waals surface area contributed by atoms with Crippen LogP contribution in [0.2, 0.25) is 0 Å². The third-order valence-corrected chi connectivity index (χ3v) is 3.03. The zero-order valence-corrected chi connectivity index (χ0v) is 12.0. The lowest BCUT2D eigenvalue weighted by Gasteiger charge is -2.18. The molecule has 20 heavy (non-hydrogen) atoms. The third-order valence-electron chi connectivity index (χ3n) is 3.03. The molecule has 0 saturated carbocycles. The van der Waals surface area contributed by atoms with E-state index >= 15 is 0 Å². The highest BCUT2D eigenvalue weighted by Crippen LogP contribution is 2.29. The van der Waals surface area contributed by atoms with Crippen molar-refractivity contribution in [2.75, 3.05) is 11.9 Å². The highest BCUT2D eigenvalue weighted by molar-refractivity contribution is 5.58. The van der Waals surface area contributed by atoms with Crippen molar-refractivity contribution >= 4 is 5.69 Å². The minimum Gasteiger partial charge on any atom is -0.492 e. The van der Waals surface area contributed by atoms with Gasteiger partial charge in [0.25, 0.3) is 0 Å². The van der Waals surface area contributed by atoms with Gasteiger partial charge in [-0.05, 0) is 50.1 Å². The number of hydrogen-bond donors (Lipinski definition) is 1. The van der Waals surface area contributed by atoms with E-state index in [1.807, 2.05) is 39.0 Å². The molecule has 0 saturated heterocycles. The molecule has 0 aliphatic heterocycles. The van der Waals surface area contributed by atoms with E-state index in [2.05, 4.69) is 10.3 Å². The molecule has 2 aromatic rings. The maximum atomic E-state index is 13.2. The molecule has 1 heterocycles. The zero-order valence-electron chi connectivity index (χ0n) is 12.0. The summed E-state index contributed by atoms with van der Waals surface area (Å²) < 4.78 is 18.8. The van der Waals surface area contributed by atoms with E-state index in [4.69, 9.17) is 4.74 Å². The standard InChI is InChI=1S/C16H19FN2O/c1-4-20-16-7-11(2)5-6-15(16)19-12(3)13-8-14(17)10-18-9-13/h5-10,12,19H,4H2,1-3H3. The number of benzene rings is 1. The summed E-state index contributed by atoms with van der Waals surface area (Å²) in [6, 6.07) is 7.41. The van der Waals surface area contributed by atoms with Crippen LogP contribution < -0.4 is 10.1 Å². The predicted octanol–water partition coefficient (Wildman–Crippen LogP) is 4.10. The number of rotatable bonds is 5. The molecular weight excluding hydrogens is 255 g/mol. The van der Waals surface area contributed by atoms with Crippen LogP contribution in [0.4, 0.5) is 10.1 Å². The molecule has 1 aromatic heterocycles. The molecule has 2 rings (SSSR count). The number of nitrogens with one attached hydrogen (secondary N) is 1. The third kappa shape index (κ3) is 3.47. The number of halogens is 1. The first kappa shape index (κ1) is 14.3. The van der Waals surface area contributed by atoms with Crippen molar-refractivity contribution in [3.63, 3.8) is 0 Å². The summed E-state index contributed by atoms with van der Waals surface area (Å²) in [6.45, 7) is 6.54. The maximum absolute atomic E-state index is 13.2. The molecule has 1 unspecified atom stereocenters. The van der Waals surface area contributed by atoms with Crippen molar-refractivity contribution in [3.8, 4) is 5.75 Å². The van der Waals surface area contributed by atoms with Crippen LogP contribution in [0.1, 0.15) is 31.0 Å². The summed E-state index contributed by atoms with van der Waals surface area (Å²) in [4.78, 5) is 3.87. The van der Waals surface area contributed by atoms with Crippen LogP contribution in [0.5, 0.6) is 5.75 Å². The van der Waals surface area contributed by atoms with E-state index in [1.54, 1.807) is 6.20 Å². The second kappa shape index (κ2) is 6.37. The topological polar surface area (TPSA) is 34.1 Å². The average molecular weight is 274 g/mol. The molecule has 0 amide bonds. The molecule has 0 aliphatic rings. The van der Waals surface area contributed by atoms with Crippen molar-refractivity contribution in [3.05, 3.63) is 53.6 Å². The lowest BCUT2D eigenvalue weighted by atomic mass is 10.1. The first-order valence-corrected chi connectivity index (χ1v) is 6.70. The minimum absolute atomic E-state index is 0.0555. The second-order valence-corrected chi connectivity index (χ2v) is 4.74. The van der Waals surface area contributed by atoms with Crippen LogP contribution in [0.3, 0.4) is 0 Å². The van der Waals surface area contributed by atoms with Crippen LogP contribution in [-0.4, -0.2) is 11.6 Å². The van der Waals surface area contributed by atoms with E-state index < -0.39 is 0 Å². The molecule has 0 fully saturated rings. The van der Waals surface area contributed by atoms with Gasteiger partial charge >= 0.3 is 0 Å². The molecule has 1 atom stereocenters. The van der Waals surface area contributed by atoms with Crippen LogP contribution >= 0.6 is 0 Å². The Kier molecular flexibility index (Phi) is 4.56. The Morgan fingerprint density at radius 2 is 2.10 bits per heavy atom. The fourth-order valence-corrected chi connectivity index (χ4v) is 2.01. The van der Waals surface area contributed by atoms with Gasteiger partial charge in [0.05, 0.1) is 24.5 Å². The number of ether oxygens (including phenoxy) is 1. The van der Waals surface area contributed by atoms with E-state index in [0.29, 0.717) is 6.61 Å². The predicted molar refractivity (Wildman–Crippen MR) is 78.6 cm³/mol. The average Bonchev–Trinajstić information content (AvgIpc) is 2.42. The Hall–Kier alpha value is -2.10. The smallest absolute Gasteiger partial charge is 0.142 e. The van der Waals surface area contributed by atoms with E-state index in [-0.39, 0.29) is 11.9 Å². The Morgan fingerprint density at radius 1 is 1.30 bits per heavy atom. The van der Waals surface area contributed by atoms with Gasteiger partial charge in [-0.15, -0.1) is 0 Å². The van der Waals surface area contributed by atoms with E-state index in [9.17, 15) is 4.39 Å². The fourth-order valence-electron chi connectivity index (χ4n) is 2.01. The summed E-state index contributed by atoms with van der Waals surface area (Å²) in [5.74, 6) is 0.480. The van der Waals surface area contributed by atoms with Gasteiger partial charge in [-0.3, -0.25) is 4.98 Å². The Balaban J connectivity index is 2.21. The van der Waals surface area contributed by atoms with Crippen molar-refractivity contribution < 1.29 is 9.13 Å². The van der Waals surface area contributed by atoms with Crippen molar-refractivity contribution in [1.82, 2.24) is 4.98 Å². The molecule has 1 N–H and O–H groups in total. The van der Waals surface area contributed by atoms with Gasteiger partial charge < -0.3 is 10.1 Å². The molecule has 0 radical (unpaired) electrons. The SMILES string of the molecule is CCOc1cc(C)ccc1NC(C)c1cncc(F)c1. The molecule has 1 aromatic carbocycles. The quantitative estimate of drug-likeness (QED) is 0.891. The van der Waals surface area contributed by atoms with Gasteiger partial charge in [-0.1, -0.05) is 6.07 Å². The summed E-state index contributed by atoms with van der Waals surface area (Å²) in [7, 11) is 0. The Morgan fingerprint density at radius 3 is 2.80 bits per heavy atom. The molecule has 0 bridgehead atoms. The number of pyridine rings is 1. The highest BCUT2D eigenvalue weighted by atomic mass is 19.1. The number of nitrogens with zero attached hydrogens (tertiary/aromatic N) is 1. The first-order chi connectivity index (χ1) is 9.60. The van der Waals surface area contributed by atoms with Gasteiger partial charge in [-0.25, -0.2) is 4.39 Å². The van der Waals surface area contributed by atoms with Crippen LogP contribution in [0.25, 0.3) is 0 Å². The van der Waals surface area contributed by atoms with Gasteiger partial charge in [0.15, 0.2) is 0 Å². The van der Waals surface area contributed by atoms with Crippen LogP contribution in [0, 0.1) is 12.7 Å². The summed E-state index contributed by atoms with van der Waals surface area (Å²) in [5, 5.41) is 3.33. The van der Waals surface area contributed by atoms with Crippen LogP contribution in [-0.2, 0) is 0 Å². The van der Waals surface area contributed by atoms with E-state index in [0.717, 1.165) is 22.6 Å². The van der Waals surface area contributed by atoms with Crippen LogP contribution in [0.15, 0.2) is 36.7 Å². The largest absolute Gasteiger partial charge is 0.492 e. The van der Waals surface area contributed by atoms with Gasteiger partial charge in [0, 0.05) is 6.20 Å². The molecule has 4 heteroatoms. The number of aryl methyl sites for hydroxylation is 1. The monoisotopic (exact) mass is 274 g/mol. The van der Waals surface area contributed by atoms with Gasteiger partial charge in [0.2, 0.25) is 0 Å². The summed E-state index contributed by atoms with van der Waals surface area (Å²) in [5.41, 5.74) is 2.83. The minimum atomic E-state index is -0.329. The van der Waals surface area contributed by atoms with E-state index in [1.165, 1.54) is 12.3 Å². The highest BCUT2D eigenvalue weighted by Gasteiger charge is 2.10. The summed E-state index contributed by atoms with van der Waals surface area (Å²) in [6.07, 6.45) is 2.86. The summed E-state index contributed by atoms with van der Waals surface area (Å²) >= 11 is 0. The Labute approximate surface area is 118 Å². The lowest BCUT2D eigenvalue weighted by Crippen LogP contribution is -2.09. The number of aromatic nitrogens is 1. The second-order valence-electron chi connectivity index (χ2n) is 4.74. The number of hydrogen-bond acceptors (Lipinski definition) is 3.